The number of carboxylic acids is 1. The van der Waals surface area contributed by atoms with Crippen molar-refractivity contribution in [2.24, 2.45) is 5.41 Å². The minimum atomic E-state index is -0.984. The van der Waals surface area contributed by atoms with Gasteiger partial charge in [-0.2, -0.15) is 0 Å². The molecular formula is C13H19N3O2. The third-order valence-corrected chi connectivity index (χ3v) is 3.69. The quantitative estimate of drug-likeness (QED) is 0.857. The Morgan fingerprint density at radius 1 is 1.50 bits per heavy atom. The van der Waals surface area contributed by atoms with Crippen LogP contribution >= 0.6 is 0 Å². The average Bonchev–Trinajstić information content (AvgIpc) is 2.74. The second kappa shape index (κ2) is 4.92. The summed E-state index contributed by atoms with van der Waals surface area (Å²) in [6.07, 6.45) is 6.40. The van der Waals surface area contributed by atoms with E-state index in [9.17, 15) is 4.79 Å². The van der Waals surface area contributed by atoms with Gasteiger partial charge in [-0.15, -0.1) is 0 Å². The highest BCUT2D eigenvalue weighted by Gasteiger charge is 2.28. The van der Waals surface area contributed by atoms with Crippen molar-refractivity contribution in [1.82, 2.24) is 9.97 Å². The summed E-state index contributed by atoms with van der Waals surface area (Å²) in [6.45, 7) is 4.80. The molecule has 0 saturated heterocycles. The van der Waals surface area contributed by atoms with Crippen molar-refractivity contribution in [1.29, 1.82) is 0 Å². The highest BCUT2D eigenvalue weighted by Crippen LogP contribution is 2.37. The fraction of sp³-hybridized carbons (Fsp3) is 0.615. The molecule has 1 aliphatic carbocycles. The third-order valence-electron chi connectivity index (χ3n) is 3.69. The van der Waals surface area contributed by atoms with Gasteiger partial charge >= 0.3 is 5.97 Å². The van der Waals surface area contributed by atoms with Crippen LogP contribution in [0.1, 0.15) is 48.7 Å². The van der Waals surface area contributed by atoms with Gasteiger partial charge in [-0.3, -0.25) is 0 Å². The summed E-state index contributed by atoms with van der Waals surface area (Å²) in [5.74, 6) is -0.465. The van der Waals surface area contributed by atoms with Crippen LogP contribution in [0.25, 0.3) is 0 Å². The zero-order valence-corrected chi connectivity index (χ0v) is 10.9. The second-order valence-electron chi connectivity index (χ2n) is 5.37. The van der Waals surface area contributed by atoms with Crippen molar-refractivity contribution in [2.75, 3.05) is 11.9 Å². The van der Waals surface area contributed by atoms with Gasteiger partial charge in [-0.05, 0) is 25.2 Å². The van der Waals surface area contributed by atoms with Gasteiger partial charge in [-0.1, -0.05) is 19.8 Å². The van der Waals surface area contributed by atoms with E-state index in [1.807, 2.05) is 0 Å². The Morgan fingerprint density at radius 2 is 2.17 bits per heavy atom. The molecule has 18 heavy (non-hydrogen) atoms. The summed E-state index contributed by atoms with van der Waals surface area (Å²) in [4.78, 5) is 19.1. The molecule has 0 bridgehead atoms. The first-order valence-electron chi connectivity index (χ1n) is 6.31. The van der Waals surface area contributed by atoms with Crippen LogP contribution in [0.3, 0.4) is 0 Å². The molecule has 5 heteroatoms. The Bertz CT molecular complexity index is 454. The molecule has 1 saturated carbocycles. The maximum Gasteiger partial charge on any atom is 0.339 e. The van der Waals surface area contributed by atoms with E-state index in [-0.39, 0.29) is 5.56 Å². The number of carbonyl (C=O) groups is 1. The molecule has 1 aromatic heterocycles. The number of aromatic nitrogens is 2. The maximum atomic E-state index is 10.9. The van der Waals surface area contributed by atoms with Crippen molar-refractivity contribution in [3.05, 3.63) is 17.5 Å². The van der Waals surface area contributed by atoms with E-state index in [0.717, 1.165) is 6.54 Å². The monoisotopic (exact) mass is 249 g/mol. The molecule has 2 rings (SSSR count). The van der Waals surface area contributed by atoms with Gasteiger partial charge < -0.3 is 10.4 Å². The van der Waals surface area contributed by atoms with Crippen LogP contribution in [0.2, 0.25) is 0 Å². The van der Waals surface area contributed by atoms with Crippen LogP contribution in [0, 0.1) is 12.3 Å². The van der Waals surface area contributed by atoms with E-state index in [4.69, 9.17) is 5.11 Å². The lowest BCUT2D eigenvalue weighted by Crippen LogP contribution is -2.24. The molecule has 5 nitrogen and oxygen atoms in total. The van der Waals surface area contributed by atoms with E-state index in [0.29, 0.717) is 17.1 Å². The van der Waals surface area contributed by atoms with Crippen molar-refractivity contribution in [3.8, 4) is 0 Å². The summed E-state index contributed by atoms with van der Waals surface area (Å²) < 4.78 is 0. The molecule has 0 radical (unpaired) electrons. The molecule has 0 aliphatic heterocycles. The summed E-state index contributed by atoms with van der Waals surface area (Å²) in [7, 11) is 0. The van der Waals surface area contributed by atoms with Gasteiger partial charge in [-0.25, -0.2) is 14.8 Å². The number of aromatic carboxylic acids is 1. The highest BCUT2D eigenvalue weighted by molar-refractivity contribution is 5.88. The molecule has 0 atom stereocenters. The van der Waals surface area contributed by atoms with Gasteiger partial charge in [0, 0.05) is 12.7 Å². The number of nitrogens with one attached hydrogen (secondary N) is 1. The number of hydrogen-bond donors (Lipinski definition) is 2. The van der Waals surface area contributed by atoms with Crippen molar-refractivity contribution < 1.29 is 9.90 Å². The van der Waals surface area contributed by atoms with Gasteiger partial charge in [0.05, 0.1) is 11.3 Å². The fourth-order valence-corrected chi connectivity index (χ4v) is 2.46. The maximum absolute atomic E-state index is 10.9. The molecule has 0 unspecified atom stereocenters. The molecule has 2 N–H and O–H groups in total. The number of anilines is 1. The molecule has 1 fully saturated rings. The SMILES string of the molecule is Cc1nc(NCC2(C)CCCC2)ncc1C(=O)O. The molecule has 1 heterocycles. The summed E-state index contributed by atoms with van der Waals surface area (Å²) in [5, 5.41) is 12.1. The summed E-state index contributed by atoms with van der Waals surface area (Å²) in [6, 6.07) is 0. The minimum Gasteiger partial charge on any atom is -0.478 e. The van der Waals surface area contributed by atoms with E-state index in [1.54, 1.807) is 6.92 Å². The average molecular weight is 249 g/mol. The molecule has 98 valence electrons. The van der Waals surface area contributed by atoms with Crippen LogP contribution in [-0.2, 0) is 0 Å². The third kappa shape index (κ3) is 2.78. The molecule has 1 aromatic rings. The minimum absolute atomic E-state index is 0.160. The van der Waals surface area contributed by atoms with Crippen molar-refractivity contribution in [2.45, 2.75) is 39.5 Å². The van der Waals surface area contributed by atoms with E-state index in [2.05, 4.69) is 22.2 Å². The normalized spacial score (nSPS) is 17.7. The zero-order valence-electron chi connectivity index (χ0n) is 10.9. The van der Waals surface area contributed by atoms with Crippen LogP contribution in [-0.4, -0.2) is 27.6 Å². The van der Waals surface area contributed by atoms with Crippen molar-refractivity contribution >= 4 is 11.9 Å². The first-order chi connectivity index (χ1) is 8.50. The largest absolute Gasteiger partial charge is 0.478 e. The Labute approximate surface area is 107 Å². The van der Waals surface area contributed by atoms with E-state index < -0.39 is 5.97 Å². The molecule has 0 amide bonds. The van der Waals surface area contributed by atoms with E-state index >= 15 is 0 Å². The molecule has 0 spiro atoms. The lowest BCUT2D eigenvalue weighted by molar-refractivity contribution is 0.0695. The number of carboxylic acid groups (broad SMARTS) is 1. The first-order valence-corrected chi connectivity index (χ1v) is 6.31. The topological polar surface area (TPSA) is 75.1 Å². The summed E-state index contributed by atoms with van der Waals surface area (Å²) in [5.41, 5.74) is 0.979. The predicted octanol–water partition coefficient (Wildman–Crippen LogP) is 2.48. The molecule has 0 aromatic carbocycles. The van der Waals surface area contributed by atoms with Gasteiger partial charge in [0.2, 0.25) is 5.95 Å². The Balaban J connectivity index is 2.02. The Hall–Kier alpha value is -1.65. The second-order valence-corrected chi connectivity index (χ2v) is 5.37. The van der Waals surface area contributed by atoms with Gasteiger partial charge in [0.25, 0.3) is 0 Å². The number of nitrogens with zero attached hydrogens (tertiary/aromatic N) is 2. The fourth-order valence-electron chi connectivity index (χ4n) is 2.46. The van der Waals surface area contributed by atoms with Crippen molar-refractivity contribution in [3.63, 3.8) is 0 Å². The van der Waals surface area contributed by atoms with Crippen LogP contribution in [0.4, 0.5) is 5.95 Å². The Morgan fingerprint density at radius 3 is 2.72 bits per heavy atom. The number of hydrogen-bond acceptors (Lipinski definition) is 4. The first kappa shape index (κ1) is 12.8. The lowest BCUT2D eigenvalue weighted by atomic mass is 9.89. The van der Waals surface area contributed by atoms with Crippen LogP contribution < -0.4 is 5.32 Å². The highest BCUT2D eigenvalue weighted by atomic mass is 16.4. The van der Waals surface area contributed by atoms with E-state index in [1.165, 1.54) is 31.9 Å². The Kier molecular flexibility index (Phi) is 3.50. The predicted molar refractivity (Wildman–Crippen MR) is 68.8 cm³/mol. The van der Waals surface area contributed by atoms with Gasteiger partial charge in [0.15, 0.2) is 0 Å². The standard InChI is InChI=1S/C13H19N3O2/c1-9-10(11(17)18)7-14-12(16-9)15-8-13(2)5-3-4-6-13/h7H,3-6,8H2,1-2H3,(H,17,18)(H,14,15,16). The van der Waals surface area contributed by atoms with Crippen LogP contribution in [0.5, 0.6) is 0 Å². The van der Waals surface area contributed by atoms with Crippen LogP contribution in [0.15, 0.2) is 6.20 Å². The summed E-state index contributed by atoms with van der Waals surface area (Å²) >= 11 is 0. The van der Waals surface area contributed by atoms with Gasteiger partial charge in [0.1, 0.15) is 0 Å². The smallest absolute Gasteiger partial charge is 0.339 e. The number of aryl methyl sites for hydroxylation is 1. The zero-order chi connectivity index (χ0) is 13.2. The number of rotatable bonds is 4. The lowest BCUT2D eigenvalue weighted by Gasteiger charge is -2.23. The molecule has 1 aliphatic rings. The molecular weight excluding hydrogens is 230 g/mol.